The van der Waals surface area contributed by atoms with E-state index in [1.807, 2.05) is 13.8 Å². The molecule has 0 aliphatic rings. The van der Waals surface area contributed by atoms with Crippen LogP contribution >= 0.6 is 0 Å². The molecule has 0 amide bonds. The summed E-state index contributed by atoms with van der Waals surface area (Å²) in [5.41, 5.74) is 5.37. The lowest BCUT2D eigenvalue weighted by Crippen LogP contribution is -2.40. The van der Waals surface area contributed by atoms with Gasteiger partial charge in [-0.2, -0.15) is 0 Å². The van der Waals surface area contributed by atoms with Crippen LogP contribution in [-0.4, -0.2) is 63.4 Å². The Bertz CT molecular complexity index is 381. The molecule has 19 heavy (non-hydrogen) atoms. The van der Waals surface area contributed by atoms with Crippen LogP contribution in [0.4, 0.5) is 0 Å². The minimum Gasteiger partial charge on any atom is -0.462 e. The van der Waals surface area contributed by atoms with Gasteiger partial charge in [0.1, 0.15) is 18.8 Å². The third-order valence-corrected chi connectivity index (χ3v) is 3.56. The lowest BCUT2D eigenvalue weighted by atomic mass is 10.3. The zero-order chi connectivity index (χ0) is 15.2. The van der Waals surface area contributed by atoms with E-state index in [1.165, 1.54) is 14.0 Å². The van der Waals surface area contributed by atoms with Gasteiger partial charge in [0.15, 0.2) is 0 Å². The Morgan fingerprint density at radius 3 is 2.21 bits per heavy atom. The highest BCUT2D eigenvalue weighted by Crippen LogP contribution is 2.04. The number of sulfonamides is 1. The average molecular weight is 296 g/mol. The summed E-state index contributed by atoms with van der Waals surface area (Å²) in [7, 11) is -1.86. The summed E-state index contributed by atoms with van der Waals surface area (Å²) in [6.45, 7) is 5.24. The fraction of sp³-hybridized carbons (Fsp3) is 0.909. The van der Waals surface area contributed by atoms with E-state index in [0.717, 1.165) is 10.6 Å². The van der Waals surface area contributed by atoms with Crippen LogP contribution in [0.25, 0.3) is 0 Å². The fourth-order valence-corrected chi connectivity index (χ4v) is 1.69. The Labute approximate surface area is 115 Å². The zero-order valence-electron chi connectivity index (χ0n) is 12.1. The number of ether oxygens (including phenoxy) is 2. The Hall–Kier alpha value is -0.700. The van der Waals surface area contributed by atoms with Crippen LogP contribution in [0.15, 0.2) is 0 Å². The molecule has 114 valence electrons. The maximum absolute atomic E-state index is 11.3. The Morgan fingerprint density at radius 2 is 1.84 bits per heavy atom. The van der Waals surface area contributed by atoms with Crippen molar-refractivity contribution < 1.29 is 22.7 Å². The first kappa shape index (κ1) is 18.3. The molecule has 2 atom stereocenters. The molecule has 0 saturated carbocycles. The Balaban J connectivity index is 4.52. The van der Waals surface area contributed by atoms with Gasteiger partial charge in [-0.1, -0.05) is 0 Å². The minimum atomic E-state index is -3.30. The molecule has 0 radical (unpaired) electrons. The average Bonchev–Trinajstić information content (AvgIpc) is 2.22. The molecule has 0 heterocycles. The molecule has 2 N–H and O–H groups in total. The molecule has 0 saturated heterocycles. The number of nitrogens with zero attached hydrogens (tertiary/aromatic N) is 1. The largest absolute Gasteiger partial charge is 0.462 e. The third kappa shape index (κ3) is 8.14. The molecule has 0 aromatic heterocycles. The van der Waals surface area contributed by atoms with Gasteiger partial charge in [-0.05, 0) is 20.8 Å². The third-order valence-electron chi connectivity index (χ3n) is 2.27. The van der Waals surface area contributed by atoms with Crippen molar-refractivity contribution in [1.82, 2.24) is 4.31 Å². The van der Waals surface area contributed by atoms with E-state index in [0.29, 0.717) is 0 Å². The predicted molar refractivity (Wildman–Crippen MR) is 72.1 cm³/mol. The van der Waals surface area contributed by atoms with E-state index < -0.39 is 28.1 Å². The molecule has 0 unspecified atom stereocenters. The van der Waals surface area contributed by atoms with Crippen molar-refractivity contribution in [3.05, 3.63) is 0 Å². The van der Waals surface area contributed by atoms with Crippen LogP contribution in [0.2, 0.25) is 0 Å². The molecule has 0 aromatic carbocycles. The van der Waals surface area contributed by atoms with Gasteiger partial charge >= 0.3 is 5.97 Å². The van der Waals surface area contributed by atoms with Crippen molar-refractivity contribution >= 4 is 16.0 Å². The second kappa shape index (κ2) is 7.78. The number of nitrogens with two attached hydrogens (primary N) is 1. The summed E-state index contributed by atoms with van der Waals surface area (Å²) in [6.07, 6.45) is 0.474. The van der Waals surface area contributed by atoms with Crippen LogP contribution < -0.4 is 5.73 Å². The van der Waals surface area contributed by atoms with Crippen LogP contribution in [0.5, 0.6) is 0 Å². The first-order valence-electron chi connectivity index (χ1n) is 6.03. The monoisotopic (exact) mass is 296 g/mol. The predicted octanol–water partition coefficient (Wildman–Crippen LogP) is -0.438. The molecule has 8 heteroatoms. The van der Waals surface area contributed by atoms with E-state index in [1.54, 1.807) is 0 Å². The second-order valence-corrected chi connectivity index (χ2v) is 6.86. The van der Waals surface area contributed by atoms with Crippen molar-refractivity contribution in [2.45, 2.75) is 39.0 Å². The fourth-order valence-electron chi connectivity index (χ4n) is 1.25. The van der Waals surface area contributed by atoms with Gasteiger partial charge in [-0.15, -0.1) is 0 Å². The lowest BCUT2D eigenvalue weighted by molar-refractivity contribution is -0.150. The summed E-state index contributed by atoms with van der Waals surface area (Å²) < 4.78 is 34.3. The van der Waals surface area contributed by atoms with E-state index in [4.69, 9.17) is 15.2 Å². The summed E-state index contributed by atoms with van der Waals surface area (Å²) in [4.78, 5) is 11.3. The van der Waals surface area contributed by atoms with Crippen molar-refractivity contribution in [3.63, 3.8) is 0 Å². The first-order valence-corrected chi connectivity index (χ1v) is 7.87. The molecular formula is C11H24N2O5S. The minimum absolute atomic E-state index is 0.0294. The zero-order valence-corrected chi connectivity index (χ0v) is 12.9. The van der Waals surface area contributed by atoms with Gasteiger partial charge in [0.05, 0.1) is 12.4 Å². The summed E-state index contributed by atoms with van der Waals surface area (Å²) in [5, 5.41) is 0. The van der Waals surface area contributed by atoms with Gasteiger partial charge in [-0.3, -0.25) is 4.79 Å². The van der Waals surface area contributed by atoms with Crippen LogP contribution in [0.3, 0.4) is 0 Å². The number of hydrogen-bond donors (Lipinski definition) is 1. The highest BCUT2D eigenvalue weighted by molar-refractivity contribution is 7.88. The van der Waals surface area contributed by atoms with Crippen molar-refractivity contribution in [2.75, 3.05) is 26.5 Å². The Kier molecular flexibility index (Phi) is 7.50. The maximum atomic E-state index is 11.3. The number of carbonyl (C=O) groups is 1. The van der Waals surface area contributed by atoms with Gasteiger partial charge in [-0.25, -0.2) is 12.7 Å². The summed E-state index contributed by atoms with van der Waals surface area (Å²) >= 11 is 0. The molecule has 0 aliphatic carbocycles. The molecule has 0 rings (SSSR count). The molecular weight excluding hydrogens is 272 g/mol. The highest BCUT2D eigenvalue weighted by Gasteiger charge is 2.21. The number of rotatable bonds is 8. The van der Waals surface area contributed by atoms with Crippen LogP contribution in [0.1, 0.15) is 20.8 Å². The molecule has 0 fully saturated rings. The van der Waals surface area contributed by atoms with E-state index in [9.17, 15) is 13.2 Å². The van der Waals surface area contributed by atoms with Crippen molar-refractivity contribution in [2.24, 2.45) is 5.73 Å². The lowest BCUT2D eigenvalue weighted by Gasteiger charge is -2.24. The molecule has 0 aliphatic heterocycles. The van der Waals surface area contributed by atoms with E-state index in [2.05, 4.69) is 0 Å². The van der Waals surface area contributed by atoms with Crippen LogP contribution in [0, 0.1) is 0 Å². The highest BCUT2D eigenvalue weighted by atomic mass is 32.2. The number of carbonyl (C=O) groups excluding carboxylic acids is 1. The normalized spacial score (nSPS) is 15.6. The number of esters is 1. The maximum Gasteiger partial charge on any atom is 0.322 e. The summed E-state index contributed by atoms with van der Waals surface area (Å²) in [6, 6.07) is -0.715. The standard InChI is InChI=1S/C11H24N2O5S/c1-8(2)18-10(6-13(4)19(5,15)16)7-17-11(14)9(3)12/h8-10H,6-7,12H2,1-5H3/t9-,10+/m1/s1. The van der Waals surface area contributed by atoms with E-state index in [-0.39, 0.29) is 19.3 Å². The summed E-state index contributed by atoms with van der Waals surface area (Å²) in [5.74, 6) is -0.542. The van der Waals surface area contributed by atoms with Crippen LogP contribution in [-0.2, 0) is 24.3 Å². The molecule has 7 nitrogen and oxygen atoms in total. The molecule has 0 bridgehead atoms. The van der Waals surface area contributed by atoms with Crippen molar-refractivity contribution in [3.8, 4) is 0 Å². The quantitative estimate of drug-likeness (QED) is 0.610. The smallest absolute Gasteiger partial charge is 0.322 e. The topological polar surface area (TPSA) is 98.9 Å². The Morgan fingerprint density at radius 1 is 1.32 bits per heavy atom. The van der Waals surface area contributed by atoms with E-state index >= 15 is 0 Å². The van der Waals surface area contributed by atoms with Gasteiger partial charge in [0.25, 0.3) is 0 Å². The number of likely N-dealkylation sites (N-methyl/N-ethyl adjacent to an activating group) is 1. The van der Waals surface area contributed by atoms with Gasteiger partial charge in [0, 0.05) is 13.6 Å². The van der Waals surface area contributed by atoms with Crippen molar-refractivity contribution in [1.29, 1.82) is 0 Å². The SMILES string of the molecule is CC(C)O[C@H](COC(=O)[C@@H](C)N)CN(C)S(C)(=O)=O. The molecule has 0 aromatic rings. The van der Waals surface area contributed by atoms with Gasteiger partial charge < -0.3 is 15.2 Å². The molecule has 0 spiro atoms. The van der Waals surface area contributed by atoms with Gasteiger partial charge in [0.2, 0.25) is 10.0 Å². The second-order valence-electron chi connectivity index (χ2n) is 4.77. The number of hydrogen-bond acceptors (Lipinski definition) is 6. The first-order chi connectivity index (χ1) is 8.54.